The molecule has 0 amide bonds. The third-order valence-corrected chi connectivity index (χ3v) is 4.29. The molecule has 4 nitrogen and oxygen atoms in total. The molecule has 2 aromatic rings. The van der Waals surface area contributed by atoms with Gasteiger partial charge in [0.1, 0.15) is 5.75 Å². The fourth-order valence-electron chi connectivity index (χ4n) is 3.00. The molecule has 0 fully saturated rings. The normalized spacial score (nSPS) is 18.4. The van der Waals surface area contributed by atoms with Crippen molar-refractivity contribution in [1.29, 1.82) is 0 Å². The Morgan fingerprint density at radius 2 is 1.91 bits per heavy atom. The molecule has 0 spiro atoms. The molecule has 122 valence electrons. The van der Waals surface area contributed by atoms with Crippen molar-refractivity contribution in [1.82, 2.24) is 5.32 Å². The SMILES string of the molecule is Oc1ccc(C(O)CNCCC2OCCc3ccccc32)cc1. The molecule has 0 saturated heterocycles. The number of aliphatic hydroxyl groups excluding tert-OH is 1. The fourth-order valence-corrected chi connectivity index (χ4v) is 3.00. The van der Waals surface area contributed by atoms with Gasteiger partial charge in [-0.2, -0.15) is 0 Å². The molecule has 23 heavy (non-hydrogen) atoms. The summed E-state index contributed by atoms with van der Waals surface area (Å²) in [5.74, 6) is 0.210. The molecule has 3 N–H and O–H groups in total. The van der Waals surface area contributed by atoms with Crippen molar-refractivity contribution in [2.24, 2.45) is 0 Å². The topological polar surface area (TPSA) is 61.7 Å². The quantitative estimate of drug-likeness (QED) is 0.718. The molecule has 2 aromatic carbocycles. The first-order valence-electron chi connectivity index (χ1n) is 8.11. The Morgan fingerprint density at radius 3 is 2.74 bits per heavy atom. The standard InChI is InChI=1S/C19H23NO3/c21-16-7-5-15(6-8-16)18(22)13-20-11-9-19-17-4-2-1-3-14(17)10-12-23-19/h1-8,18-22H,9-13H2. The number of hydrogen-bond donors (Lipinski definition) is 3. The summed E-state index contributed by atoms with van der Waals surface area (Å²) in [7, 11) is 0. The van der Waals surface area contributed by atoms with E-state index in [1.807, 2.05) is 0 Å². The van der Waals surface area contributed by atoms with E-state index in [2.05, 4.69) is 29.6 Å². The number of rotatable bonds is 6. The summed E-state index contributed by atoms with van der Waals surface area (Å²) < 4.78 is 5.88. The number of phenols is 1. The Balaban J connectivity index is 1.46. The van der Waals surface area contributed by atoms with Crippen molar-refractivity contribution in [3.63, 3.8) is 0 Å². The first-order chi connectivity index (χ1) is 11.2. The summed E-state index contributed by atoms with van der Waals surface area (Å²) in [4.78, 5) is 0. The molecule has 0 saturated carbocycles. The summed E-state index contributed by atoms with van der Waals surface area (Å²) in [5.41, 5.74) is 3.47. The second kappa shape index (κ2) is 7.59. The van der Waals surface area contributed by atoms with Gasteiger partial charge >= 0.3 is 0 Å². The van der Waals surface area contributed by atoms with E-state index < -0.39 is 6.10 Å². The number of phenolic OH excluding ortho intramolecular Hbond substituents is 1. The van der Waals surface area contributed by atoms with Gasteiger partial charge in [-0.05, 0) is 48.2 Å². The van der Waals surface area contributed by atoms with Crippen molar-refractivity contribution in [2.45, 2.75) is 25.0 Å². The van der Waals surface area contributed by atoms with E-state index >= 15 is 0 Å². The van der Waals surface area contributed by atoms with Crippen LogP contribution in [0.4, 0.5) is 0 Å². The Hall–Kier alpha value is -1.88. The van der Waals surface area contributed by atoms with Crippen LogP contribution in [-0.2, 0) is 11.2 Å². The molecule has 1 heterocycles. The molecule has 0 aliphatic carbocycles. The molecular weight excluding hydrogens is 290 g/mol. The summed E-state index contributed by atoms with van der Waals surface area (Å²) in [6.45, 7) is 2.05. The van der Waals surface area contributed by atoms with E-state index in [1.165, 1.54) is 11.1 Å². The van der Waals surface area contributed by atoms with Crippen LogP contribution in [0.5, 0.6) is 5.75 Å². The number of aliphatic hydroxyl groups is 1. The maximum Gasteiger partial charge on any atom is 0.115 e. The maximum atomic E-state index is 10.1. The van der Waals surface area contributed by atoms with Crippen LogP contribution >= 0.6 is 0 Å². The van der Waals surface area contributed by atoms with E-state index in [9.17, 15) is 10.2 Å². The molecule has 1 aliphatic rings. The van der Waals surface area contributed by atoms with Crippen molar-refractivity contribution in [3.8, 4) is 5.75 Å². The van der Waals surface area contributed by atoms with Crippen molar-refractivity contribution >= 4 is 0 Å². The van der Waals surface area contributed by atoms with Gasteiger partial charge in [-0.3, -0.25) is 0 Å². The van der Waals surface area contributed by atoms with Crippen LogP contribution in [0.25, 0.3) is 0 Å². The second-order valence-corrected chi connectivity index (χ2v) is 5.91. The zero-order valence-corrected chi connectivity index (χ0v) is 13.1. The van der Waals surface area contributed by atoms with Crippen molar-refractivity contribution < 1.29 is 14.9 Å². The van der Waals surface area contributed by atoms with Crippen LogP contribution < -0.4 is 5.32 Å². The van der Waals surface area contributed by atoms with E-state index in [0.717, 1.165) is 31.6 Å². The van der Waals surface area contributed by atoms with E-state index in [0.29, 0.717) is 6.54 Å². The van der Waals surface area contributed by atoms with Gasteiger partial charge in [0.15, 0.2) is 0 Å². The average Bonchev–Trinajstić information content (AvgIpc) is 2.59. The van der Waals surface area contributed by atoms with Crippen LogP contribution in [0.3, 0.4) is 0 Å². The first-order valence-corrected chi connectivity index (χ1v) is 8.11. The van der Waals surface area contributed by atoms with Crippen LogP contribution in [0, 0.1) is 0 Å². The lowest BCUT2D eigenvalue weighted by Crippen LogP contribution is -2.25. The molecule has 2 unspecified atom stereocenters. The summed E-state index contributed by atoms with van der Waals surface area (Å²) in [6.07, 6.45) is 1.44. The molecule has 0 radical (unpaired) electrons. The van der Waals surface area contributed by atoms with Gasteiger partial charge in [0.25, 0.3) is 0 Å². The Morgan fingerprint density at radius 1 is 1.13 bits per heavy atom. The Bertz CT molecular complexity index is 627. The molecule has 0 aromatic heterocycles. The van der Waals surface area contributed by atoms with Crippen LogP contribution in [0.1, 0.15) is 35.3 Å². The van der Waals surface area contributed by atoms with E-state index in [-0.39, 0.29) is 11.9 Å². The van der Waals surface area contributed by atoms with Crippen molar-refractivity contribution in [3.05, 3.63) is 65.2 Å². The third-order valence-electron chi connectivity index (χ3n) is 4.29. The van der Waals surface area contributed by atoms with Gasteiger partial charge in [0, 0.05) is 6.54 Å². The first kappa shape index (κ1) is 16.0. The van der Waals surface area contributed by atoms with Gasteiger partial charge in [0.05, 0.1) is 18.8 Å². The van der Waals surface area contributed by atoms with E-state index in [1.54, 1.807) is 24.3 Å². The maximum absolute atomic E-state index is 10.1. The Kier molecular flexibility index (Phi) is 5.28. The van der Waals surface area contributed by atoms with Gasteiger partial charge in [-0.1, -0.05) is 36.4 Å². The number of aromatic hydroxyl groups is 1. The minimum atomic E-state index is -0.574. The largest absolute Gasteiger partial charge is 0.508 e. The molecule has 3 rings (SSSR count). The monoisotopic (exact) mass is 313 g/mol. The number of fused-ring (bicyclic) bond motifs is 1. The molecule has 1 aliphatic heterocycles. The lowest BCUT2D eigenvalue weighted by atomic mass is 9.96. The van der Waals surface area contributed by atoms with Crippen LogP contribution in [-0.4, -0.2) is 29.9 Å². The highest BCUT2D eigenvalue weighted by molar-refractivity contribution is 5.31. The Labute approximate surface area is 136 Å². The van der Waals surface area contributed by atoms with Gasteiger partial charge in [0.2, 0.25) is 0 Å². The fraction of sp³-hybridized carbons (Fsp3) is 0.368. The average molecular weight is 313 g/mol. The highest BCUT2D eigenvalue weighted by Gasteiger charge is 2.19. The van der Waals surface area contributed by atoms with E-state index in [4.69, 9.17) is 4.74 Å². The lowest BCUT2D eigenvalue weighted by Gasteiger charge is -2.26. The van der Waals surface area contributed by atoms with Gasteiger partial charge < -0.3 is 20.3 Å². The second-order valence-electron chi connectivity index (χ2n) is 5.91. The molecule has 4 heteroatoms. The van der Waals surface area contributed by atoms with Crippen molar-refractivity contribution in [2.75, 3.05) is 19.7 Å². The zero-order chi connectivity index (χ0) is 16.1. The smallest absolute Gasteiger partial charge is 0.115 e. The predicted octanol–water partition coefficient (Wildman–Crippen LogP) is 2.72. The summed E-state index contributed by atoms with van der Waals surface area (Å²) >= 11 is 0. The summed E-state index contributed by atoms with van der Waals surface area (Å²) in [6, 6.07) is 15.1. The molecule has 2 atom stereocenters. The highest BCUT2D eigenvalue weighted by atomic mass is 16.5. The predicted molar refractivity (Wildman–Crippen MR) is 89.4 cm³/mol. The van der Waals surface area contributed by atoms with Crippen LogP contribution in [0.15, 0.2) is 48.5 Å². The molecular formula is C19H23NO3. The summed E-state index contributed by atoms with van der Waals surface area (Å²) in [5, 5.41) is 22.7. The highest BCUT2D eigenvalue weighted by Crippen LogP contribution is 2.29. The number of benzene rings is 2. The van der Waals surface area contributed by atoms with Gasteiger partial charge in [-0.15, -0.1) is 0 Å². The number of ether oxygens (including phenoxy) is 1. The number of hydrogen-bond acceptors (Lipinski definition) is 4. The third kappa shape index (κ3) is 4.10. The van der Waals surface area contributed by atoms with Crippen LogP contribution in [0.2, 0.25) is 0 Å². The molecule has 0 bridgehead atoms. The minimum absolute atomic E-state index is 0.137. The number of nitrogens with one attached hydrogen (secondary N) is 1. The lowest BCUT2D eigenvalue weighted by molar-refractivity contribution is 0.0361. The zero-order valence-electron chi connectivity index (χ0n) is 13.1. The minimum Gasteiger partial charge on any atom is -0.508 e. The van der Waals surface area contributed by atoms with Gasteiger partial charge in [-0.25, -0.2) is 0 Å².